The van der Waals surface area contributed by atoms with E-state index in [9.17, 15) is 9.32 Å². The number of rotatable bonds is 11. The fourth-order valence-electron chi connectivity index (χ4n) is 2.12. The molecule has 2 aromatic carbocycles. The highest BCUT2D eigenvalue weighted by Crippen LogP contribution is 2.18. The van der Waals surface area contributed by atoms with E-state index >= 15 is 0 Å². The molecule has 2 atom stereocenters. The number of benzene rings is 2. The Kier molecular flexibility index (Phi) is 8.91. The van der Waals surface area contributed by atoms with E-state index in [0.717, 1.165) is 18.8 Å². The number of aliphatic hydroxyl groups excluding tert-OH is 1. The average molecular weight is 379 g/mol. The minimum atomic E-state index is -2.03. The van der Waals surface area contributed by atoms with Gasteiger partial charge in [0, 0.05) is 25.3 Å². The summed E-state index contributed by atoms with van der Waals surface area (Å²) in [5, 5.41) is 16.4. The maximum absolute atomic E-state index is 11.2. The molecule has 0 aliphatic heterocycles. The van der Waals surface area contributed by atoms with Gasteiger partial charge < -0.3 is 20.5 Å². The largest absolute Gasteiger partial charge is 0.491 e. The molecule has 8 heteroatoms. The fraction of sp³-hybridized carbons (Fsp3) is 0.333. The lowest BCUT2D eigenvalue weighted by atomic mass is 10.3. The van der Waals surface area contributed by atoms with E-state index in [-0.39, 0.29) is 6.61 Å². The van der Waals surface area contributed by atoms with Crippen LogP contribution in [0.1, 0.15) is 0 Å². The van der Waals surface area contributed by atoms with Gasteiger partial charge >= 0.3 is 0 Å². The monoisotopic (exact) mass is 379 g/mol. The lowest BCUT2D eigenvalue weighted by Crippen LogP contribution is -2.34. The summed E-state index contributed by atoms with van der Waals surface area (Å²) in [7, 11) is -0.687. The molecular formula is C18H25N3O4S. The van der Waals surface area contributed by atoms with Crippen LogP contribution in [0.25, 0.3) is 0 Å². The summed E-state index contributed by atoms with van der Waals surface area (Å²) >= 11 is 0. The number of nitrogens with one attached hydrogen (secondary N) is 2. The van der Waals surface area contributed by atoms with Crippen LogP contribution < -0.4 is 15.4 Å². The number of hydrogen-bond donors (Lipinski definition) is 4. The third-order valence-electron chi connectivity index (χ3n) is 3.42. The van der Waals surface area contributed by atoms with Crippen molar-refractivity contribution in [2.45, 2.75) is 6.10 Å². The van der Waals surface area contributed by atoms with Gasteiger partial charge in [-0.25, -0.2) is 4.21 Å². The molecule has 0 saturated carbocycles. The lowest BCUT2D eigenvalue weighted by Gasteiger charge is -2.14. The zero-order valence-corrected chi connectivity index (χ0v) is 15.6. The summed E-state index contributed by atoms with van der Waals surface area (Å²) in [6, 6.07) is 16.7. The quantitative estimate of drug-likeness (QED) is 0.353. The molecule has 3 N–H and O–H groups in total. The Balaban J connectivity index is 1.61. The molecule has 0 bridgehead atoms. The second kappa shape index (κ2) is 11.5. The molecule has 2 aromatic rings. The molecular weight excluding hydrogens is 354 g/mol. The summed E-state index contributed by atoms with van der Waals surface area (Å²) in [5.41, 5.74) is 1.62. The number of anilines is 1. The Hall–Kier alpha value is -2.13. The number of aliphatic hydroxyl groups is 1. The molecule has 0 spiro atoms. The summed E-state index contributed by atoms with van der Waals surface area (Å²) in [5.74, 6) is 0.612. The Morgan fingerprint density at radius 2 is 1.85 bits per heavy atom. The first-order valence-electron chi connectivity index (χ1n) is 8.31. The predicted octanol–water partition coefficient (Wildman–Crippen LogP) is 1.99. The van der Waals surface area contributed by atoms with E-state index in [1.165, 1.54) is 7.11 Å². The summed E-state index contributed by atoms with van der Waals surface area (Å²) in [4.78, 5) is 0. The van der Waals surface area contributed by atoms with Gasteiger partial charge in [-0.3, -0.25) is 4.18 Å². The summed E-state index contributed by atoms with van der Waals surface area (Å²) in [6.07, 6.45) is -0.612. The highest BCUT2D eigenvalue weighted by molar-refractivity contribution is 7.69. The molecule has 142 valence electrons. The Morgan fingerprint density at radius 1 is 1.12 bits per heavy atom. The molecule has 0 aliphatic rings. The van der Waals surface area contributed by atoms with Crippen molar-refractivity contribution in [2.24, 2.45) is 4.36 Å². The van der Waals surface area contributed by atoms with Crippen LogP contribution in [0, 0.1) is 0 Å². The lowest BCUT2D eigenvalue weighted by molar-refractivity contribution is 0.107. The molecule has 0 saturated heterocycles. The molecule has 0 fully saturated rings. The molecule has 26 heavy (non-hydrogen) atoms. The van der Waals surface area contributed by atoms with Crippen LogP contribution in [0.2, 0.25) is 0 Å². The molecule has 0 aromatic heterocycles. The van der Waals surface area contributed by atoms with Crippen molar-refractivity contribution in [3.05, 3.63) is 54.6 Å². The van der Waals surface area contributed by atoms with E-state index < -0.39 is 17.0 Å². The standard InChI is InChI=1S/C18H25N3O4S/c1-24-26(23)21-16-7-9-18(10-8-16)25-14-17(22)13-19-11-12-20-15-5-3-2-4-6-15/h2-10,17,19-20,22,26H,11-14H2,1H3. The topological polar surface area (TPSA) is 92.2 Å². The maximum atomic E-state index is 11.2. The Bertz CT molecular complexity index is 719. The SMILES string of the molecule is CO[SH](=O)=Nc1ccc(OCC(O)CNCCNc2ccccc2)cc1. The Labute approximate surface area is 155 Å². The van der Waals surface area contributed by atoms with Crippen LogP contribution in [0.15, 0.2) is 59.0 Å². The number of ether oxygens (including phenoxy) is 1. The van der Waals surface area contributed by atoms with E-state index in [2.05, 4.69) is 19.2 Å². The van der Waals surface area contributed by atoms with Gasteiger partial charge in [0.2, 0.25) is 0 Å². The Morgan fingerprint density at radius 3 is 2.54 bits per heavy atom. The van der Waals surface area contributed by atoms with Crippen LogP contribution in [-0.2, 0) is 15.1 Å². The maximum Gasteiger partial charge on any atom is 0.156 e. The van der Waals surface area contributed by atoms with Crippen molar-refractivity contribution in [3.63, 3.8) is 0 Å². The van der Waals surface area contributed by atoms with Gasteiger partial charge in [0.15, 0.2) is 10.9 Å². The molecule has 0 amide bonds. The van der Waals surface area contributed by atoms with Crippen molar-refractivity contribution in [1.29, 1.82) is 0 Å². The van der Waals surface area contributed by atoms with Crippen LogP contribution >= 0.6 is 0 Å². The normalized spacial score (nSPS) is 13.3. The molecule has 0 aliphatic carbocycles. The van der Waals surface area contributed by atoms with Gasteiger partial charge in [-0.05, 0) is 36.4 Å². The zero-order valence-electron chi connectivity index (χ0n) is 14.7. The first kappa shape index (κ1) is 20.2. The summed E-state index contributed by atoms with van der Waals surface area (Å²) in [6.45, 7) is 2.13. The number of para-hydroxylation sites is 1. The van der Waals surface area contributed by atoms with Gasteiger partial charge in [0.05, 0.1) is 12.8 Å². The third kappa shape index (κ3) is 7.83. The summed E-state index contributed by atoms with van der Waals surface area (Å²) < 4.78 is 25.2. The molecule has 2 rings (SSSR count). The van der Waals surface area contributed by atoms with Crippen molar-refractivity contribution in [1.82, 2.24) is 5.32 Å². The number of hydrogen-bond acceptors (Lipinski definition) is 7. The van der Waals surface area contributed by atoms with Gasteiger partial charge in [-0.15, -0.1) is 0 Å². The third-order valence-corrected chi connectivity index (χ3v) is 4.12. The van der Waals surface area contributed by atoms with Gasteiger partial charge in [-0.2, -0.15) is 4.36 Å². The highest BCUT2D eigenvalue weighted by atomic mass is 32.2. The first-order valence-corrected chi connectivity index (χ1v) is 9.44. The molecule has 2 unspecified atom stereocenters. The second-order valence-corrected chi connectivity index (χ2v) is 6.52. The van der Waals surface area contributed by atoms with Gasteiger partial charge in [-0.1, -0.05) is 18.2 Å². The molecule has 0 heterocycles. The van der Waals surface area contributed by atoms with Crippen molar-refractivity contribution >= 4 is 22.3 Å². The average Bonchev–Trinajstić information content (AvgIpc) is 2.68. The van der Waals surface area contributed by atoms with E-state index in [1.54, 1.807) is 24.3 Å². The van der Waals surface area contributed by atoms with E-state index in [1.807, 2.05) is 30.3 Å². The molecule has 7 nitrogen and oxygen atoms in total. The van der Waals surface area contributed by atoms with Gasteiger partial charge in [0.25, 0.3) is 0 Å². The second-order valence-electron chi connectivity index (χ2n) is 5.48. The fourth-order valence-corrected chi connectivity index (χ4v) is 2.52. The van der Waals surface area contributed by atoms with E-state index in [0.29, 0.717) is 18.0 Å². The van der Waals surface area contributed by atoms with Crippen LogP contribution in [0.5, 0.6) is 5.75 Å². The highest BCUT2D eigenvalue weighted by Gasteiger charge is 2.05. The molecule has 0 radical (unpaired) electrons. The number of thiol groups is 1. The predicted molar refractivity (Wildman–Crippen MR) is 104 cm³/mol. The first-order chi connectivity index (χ1) is 12.7. The minimum absolute atomic E-state index is 0.182. The van der Waals surface area contributed by atoms with Crippen LogP contribution in [-0.4, -0.2) is 48.8 Å². The smallest absolute Gasteiger partial charge is 0.156 e. The minimum Gasteiger partial charge on any atom is -0.491 e. The van der Waals surface area contributed by atoms with Crippen molar-refractivity contribution in [2.75, 3.05) is 38.7 Å². The van der Waals surface area contributed by atoms with E-state index in [4.69, 9.17) is 4.74 Å². The zero-order chi connectivity index (χ0) is 18.6. The van der Waals surface area contributed by atoms with Crippen molar-refractivity contribution < 1.29 is 18.2 Å². The van der Waals surface area contributed by atoms with Crippen LogP contribution in [0.3, 0.4) is 0 Å². The van der Waals surface area contributed by atoms with Crippen molar-refractivity contribution in [3.8, 4) is 5.75 Å². The van der Waals surface area contributed by atoms with Gasteiger partial charge in [0.1, 0.15) is 18.5 Å². The van der Waals surface area contributed by atoms with Crippen LogP contribution in [0.4, 0.5) is 11.4 Å². The number of nitrogens with zero attached hydrogens (tertiary/aromatic N) is 1.